The largest absolute Gasteiger partial charge is 0.393 e. The fourth-order valence-corrected chi connectivity index (χ4v) is 2.19. The van der Waals surface area contributed by atoms with E-state index in [0.717, 1.165) is 25.7 Å². The molecule has 2 unspecified atom stereocenters. The van der Waals surface area contributed by atoms with E-state index in [1.165, 1.54) is 5.57 Å². The van der Waals surface area contributed by atoms with E-state index in [9.17, 15) is 9.90 Å². The minimum atomic E-state index is -0.205. The van der Waals surface area contributed by atoms with Crippen molar-refractivity contribution < 1.29 is 9.90 Å². The molecule has 0 heterocycles. The van der Waals surface area contributed by atoms with Crippen molar-refractivity contribution in [2.75, 3.05) is 0 Å². The first-order valence-electron chi connectivity index (χ1n) is 5.84. The van der Waals surface area contributed by atoms with Crippen LogP contribution in [0.1, 0.15) is 52.9 Å². The van der Waals surface area contributed by atoms with Crippen LogP contribution < -0.4 is 0 Å². The maximum atomic E-state index is 11.2. The minimum Gasteiger partial charge on any atom is -0.393 e. The Hall–Kier alpha value is -0.630. The van der Waals surface area contributed by atoms with Crippen LogP contribution in [0, 0.1) is 5.41 Å². The van der Waals surface area contributed by atoms with E-state index in [1.54, 1.807) is 6.08 Å². The Bertz CT molecular complexity index is 266. The van der Waals surface area contributed by atoms with E-state index < -0.39 is 0 Å². The smallest absolute Gasteiger partial charge is 0.155 e. The number of aliphatic hydroxyl groups excluding tert-OH is 1. The summed E-state index contributed by atoms with van der Waals surface area (Å²) in [6, 6.07) is 0. The molecule has 0 spiro atoms. The highest BCUT2D eigenvalue weighted by atomic mass is 16.3. The fourth-order valence-electron chi connectivity index (χ4n) is 2.19. The van der Waals surface area contributed by atoms with Crippen LogP contribution in [-0.2, 0) is 4.79 Å². The number of aliphatic hydroxyl groups is 1. The van der Waals surface area contributed by atoms with Gasteiger partial charge in [0.05, 0.1) is 6.10 Å². The number of hydrogen-bond donors (Lipinski definition) is 1. The van der Waals surface area contributed by atoms with Crippen LogP contribution in [0.15, 0.2) is 11.6 Å². The first-order chi connectivity index (χ1) is 6.94. The van der Waals surface area contributed by atoms with E-state index in [-0.39, 0.29) is 17.3 Å². The lowest BCUT2D eigenvalue weighted by Crippen LogP contribution is -2.24. The van der Waals surface area contributed by atoms with Gasteiger partial charge >= 0.3 is 0 Å². The maximum Gasteiger partial charge on any atom is 0.155 e. The molecular formula is C13H22O2. The third kappa shape index (κ3) is 3.45. The molecule has 0 bridgehead atoms. The summed E-state index contributed by atoms with van der Waals surface area (Å²) in [5.74, 6) is 0.264. The Kier molecular flexibility index (Phi) is 4.09. The Morgan fingerprint density at radius 2 is 2.27 bits per heavy atom. The van der Waals surface area contributed by atoms with Crippen molar-refractivity contribution >= 4 is 5.78 Å². The van der Waals surface area contributed by atoms with Gasteiger partial charge in [0, 0.05) is 6.42 Å². The molecule has 0 saturated heterocycles. The monoisotopic (exact) mass is 210 g/mol. The van der Waals surface area contributed by atoms with Gasteiger partial charge in [0.2, 0.25) is 0 Å². The second kappa shape index (κ2) is 4.93. The predicted molar refractivity (Wildman–Crippen MR) is 61.6 cm³/mol. The van der Waals surface area contributed by atoms with Gasteiger partial charge in [0.15, 0.2) is 5.78 Å². The predicted octanol–water partition coefficient (Wildman–Crippen LogP) is 2.85. The number of carbonyl (C=O) groups is 1. The summed E-state index contributed by atoms with van der Waals surface area (Å²) < 4.78 is 0. The van der Waals surface area contributed by atoms with Crippen molar-refractivity contribution in [2.45, 2.75) is 59.0 Å². The molecule has 0 aromatic heterocycles. The summed E-state index contributed by atoms with van der Waals surface area (Å²) >= 11 is 0. The van der Waals surface area contributed by atoms with E-state index >= 15 is 0 Å². The third-order valence-corrected chi connectivity index (χ3v) is 3.60. The average molecular weight is 210 g/mol. The summed E-state index contributed by atoms with van der Waals surface area (Å²) in [5.41, 5.74) is 1.40. The van der Waals surface area contributed by atoms with Crippen LogP contribution in [0.25, 0.3) is 0 Å². The average Bonchev–Trinajstić information content (AvgIpc) is 2.12. The molecule has 2 nitrogen and oxygen atoms in total. The molecule has 0 aliphatic heterocycles. The Labute approximate surface area is 92.4 Å². The molecule has 1 N–H and O–H groups in total. The van der Waals surface area contributed by atoms with Gasteiger partial charge in [-0.25, -0.2) is 0 Å². The first kappa shape index (κ1) is 12.4. The third-order valence-electron chi connectivity index (χ3n) is 3.60. The van der Waals surface area contributed by atoms with Crippen molar-refractivity contribution in [1.29, 1.82) is 0 Å². The summed E-state index contributed by atoms with van der Waals surface area (Å²) in [4.78, 5) is 11.2. The van der Waals surface area contributed by atoms with Crippen molar-refractivity contribution in [2.24, 2.45) is 5.41 Å². The van der Waals surface area contributed by atoms with E-state index in [0.29, 0.717) is 6.42 Å². The van der Waals surface area contributed by atoms with E-state index in [1.807, 2.05) is 6.92 Å². The maximum absolute atomic E-state index is 11.2. The zero-order chi connectivity index (χ0) is 11.5. The highest BCUT2D eigenvalue weighted by Crippen LogP contribution is 2.40. The van der Waals surface area contributed by atoms with E-state index in [2.05, 4.69) is 13.8 Å². The molecular weight excluding hydrogens is 188 g/mol. The van der Waals surface area contributed by atoms with Crippen molar-refractivity contribution in [3.05, 3.63) is 11.6 Å². The standard InChI is InChI=1S/C13H22O2/c1-10-9-12(15)6-8-13(10,3)7-4-5-11(2)14/h9,11,14H,4-8H2,1-3H3. The summed E-state index contributed by atoms with van der Waals surface area (Å²) in [6.45, 7) is 6.11. The van der Waals surface area contributed by atoms with Gasteiger partial charge in [-0.05, 0) is 44.6 Å². The number of hydrogen-bond acceptors (Lipinski definition) is 2. The van der Waals surface area contributed by atoms with Crippen LogP contribution in [0.2, 0.25) is 0 Å². The molecule has 0 fully saturated rings. The van der Waals surface area contributed by atoms with E-state index in [4.69, 9.17) is 0 Å². The number of allylic oxidation sites excluding steroid dienone is 2. The van der Waals surface area contributed by atoms with Crippen molar-refractivity contribution in [3.8, 4) is 0 Å². The summed E-state index contributed by atoms with van der Waals surface area (Å²) in [6.07, 6.45) is 6.21. The topological polar surface area (TPSA) is 37.3 Å². The van der Waals surface area contributed by atoms with Gasteiger partial charge < -0.3 is 5.11 Å². The van der Waals surface area contributed by atoms with Crippen LogP contribution in [0.4, 0.5) is 0 Å². The van der Waals surface area contributed by atoms with Gasteiger partial charge in [-0.2, -0.15) is 0 Å². The molecule has 0 aromatic rings. The van der Waals surface area contributed by atoms with Gasteiger partial charge in [-0.1, -0.05) is 18.9 Å². The zero-order valence-corrected chi connectivity index (χ0v) is 10.0. The van der Waals surface area contributed by atoms with Gasteiger partial charge in [-0.3, -0.25) is 4.79 Å². The quantitative estimate of drug-likeness (QED) is 0.774. The fraction of sp³-hybridized carbons (Fsp3) is 0.769. The second-order valence-corrected chi connectivity index (χ2v) is 5.10. The lowest BCUT2D eigenvalue weighted by atomic mass is 9.71. The number of rotatable bonds is 4. The zero-order valence-electron chi connectivity index (χ0n) is 10.0. The molecule has 2 atom stereocenters. The van der Waals surface area contributed by atoms with Gasteiger partial charge in [-0.15, -0.1) is 0 Å². The summed E-state index contributed by atoms with van der Waals surface area (Å²) in [5, 5.41) is 9.21. The second-order valence-electron chi connectivity index (χ2n) is 5.10. The Balaban J connectivity index is 2.52. The van der Waals surface area contributed by atoms with Crippen LogP contribution in [0.3, 0.4) is 0 Å². The molecule has 0 amide bonds. The normalized spacial score (nSPS) is 28.8. The molecule has 0 radical (unpaired) electrons. The van der Waals surface area contributed by atoms with Gasteiger partial charge in [0.1, 0.15) is 0 Å². The highest BCUT2D eigenvalue weighted by Gasteiger charge is 2.30. The van der Waals surface area contributed by atoms with Gasteiger partial charge in [0.25, 0.3) is 0 Å². The summed E-state index contributed by atoms with van der Waals surface area (Å²) in [7, 11) is 0. The molecule has 1 rings (SSSR count). The van der Waals surface area contributed by atoms with Crippen molar-refractivity contribution in [1.82, 2.24) is 0 Å². The number of ketones is 1. The molecule has 0 aromatic carbocycles. The lowest BCUT2D eigenvalue weighted by Gasteiger charge is -2.33. The first-order valence-corrected chi connectivity index (χ1v) is 5.84. The minimum absolute atomic E-state index is 0.183. The molecule has 86 valence electrons. The number of carbonyl (C=O) groups excluding carboxylic acids is 1. The van der Waals surface area contributed by atoms with Crippen LogP contribution in [0.5, 0.6) is 0 Å². The van der Waals surface area contributed by atoms with Crippen LogP contribution in [-0.4, -0.2) is 17.0 Å². The molecule has 0 saturated carbocycles. The molecule has 2 heteroatoms. The van der Waals surface area contributed by atoms with Crippen molar-refractivity contribution in [3.63, 3.8) is 0 Å². The highest BCUT2D eigenvalue weighted by molar-refractivity contribution is 5.91. The molecule has 1 aliphatic rings. The lowest BCUT2D eigenvalue weighted by molar-refractivity contribution is -0.115. The Morgan fingerprint density at radius 3 is 2.80 bits per heavy atom. The molecule has 1 aliphatic carbocycles. The molecule has 15 heavy (non-hydrogen) atoms. The SMILES string of the molecule is CC1=CC(=O)CCC1(C)CCCC(C)O. The Morgan fingerprint density at radius 1 is 1.60 bits per heavy atom. The van der Waals surface area contributed by atoms with Crippen LogP contribution >= 0.6 is 0 Å².